The lowest BCUT2D eigenvalue weighted by Crippen LogP contribution is -2.54. The number of ether oxygens (including phenoxy) is 1. The van der Waals surface area contributed by atoms with Crippen LogP contribution >= 0.6 is 0 Å². The minimum absolute atomic E-state index is 0.0285. The Morgan fingerprint density at radius 3 is 1.73 bits per heavy atom. The monoisotopic (exact) mass is 543 g/mol. The topological polar surface area (TPSA) is 48.0 Å². The van der Waals surface area contributed by atoms with Crippen molar-refractivity contribution >= 4 is 22.6 Å². The fourth-order valence-electron chi connectivity index (χ4n) is 4.39. The first kappa shape index (κ1) is 31.4. The zero-order valence-corrected chi connectivity index (χ0v) is 26.7. The predicted octanol–water partition coefficient (Wildman–Crippen LogP) is 8.29. The van der Waals surface area contributed by atoms with E-state index in [9.17, 15) is 4.79 Å². The van der Waals surface area contributed by atoms with E-state index < -0.39 is 28.8 Å². The van der Waals surface area contributed by atoms with Gasteiger partial charge in [0.15, 0.2) is 14.4 Å². The van der Waals surface area contributed by atoms with E-state index in [0.29, 0.717) is 0 Å². The Morgan fingerprint density at radius 1 is 0.865 bits per heavy atom. The molecule has 2 unspecified atom stereocenters. The predicted molar refractivity (Wildman–Crippen MR) is 158 cm³/mol. The Kier molecular flexibility index (Phi) is 11.3. The third kappa shape index (κ3) is 7.63. The van der Waals surface area contributed by atoms with Gasteiger partial charge in [0.25, 0.3) is 0 Å². The van der Waals surface area contributed by atoms with Gasteiger partial charge in [-0.25, -0.2) is 4.79 Å². The first-order chi connectivity index (χ1) is 17.4. The number of rotatable bonds is 13. The molecule has 0 aliphatic rings. The summed E-state index contributed by atoms with van der Waals surface area (Å²) in [5.74, 6) is -0.356. The molecule has 0 saturated carbocycles. The number of nitrogens with zero attached hydrogens (tertiary/aromatic N) is 1. The van der Waals surface area contributed by atoms with Gasteiger partial charge in [0.05, 0.1) is 19.2 Å². The molecule has 0 saturated heterocycles. The molecule has 0 heterocycles. The number of hydrogen-bond acceptors (Lipinski definition) is 5. The zero-order valence-electron chi connectivity index (χ0n) is 24.7. The molecular weight excluding hydrogens is 495 g/mol. The molecule has 0 aromatic heterocycles. The van der Waals surface area contributed by atoms with Crippen LogP contribution in [0.3, 0.4) is 0 Å². The van der Waals surface area contributed by atoms with Gasteiger partial charge in [-0.05, 0) is 54.3 Å². The maximum absolute atomic E-state index is 13.6. The van der Waals surface area contributed by atoms with Gasteiger partial charge < -0.3 is 13.7 Å². The van der Waals surface area contributed by atoms with Gasteiger partial charge in [0, 0.05) is 0 Å². The summed E-state index contributed by atoms with van der Waals surface area (Å²) in [6.07, 6.45) is -0.810. The highest BCUT2D eigenvalue weighted by Crippen LogP contribution is 2.43. The summed E-state index contributed by atoms with van der Waals surface area (Å²) in [7, 11) is -3.03. The molecule has 0 bridgehead atoms. The molecule has 2 aromatic carbocycles. The van der Waals surface area contributed by atoms with E-state index in [1.54, 1.807) is 0 Å². The van der Waals surface area contributed by atoms with E-state index in [2.05, 4.69) is 90.9 Å². The summed E-state index contributed by atoms with van der Waals surface area (Å²) in [4.78, 5) is 13.6. The summed E-state index contributed by atoms with van der Waals surface area (Å²) >= 11 is 0. The fourth-order valence-corrected chi connectivity index (χ4v) is 8.22. The van der Waals surface area contributed by atoms with E-state index in [4.69, 9.17) is 13.7 Å². The van der Waals surface area contributed by atoms with Crippen molar-refractivity contribution in [1.29, 1.82) is 0 Å². The quantitative estimate of drug-likeness (QED) is 0.144. The Morgan fingerprint density at radius 2 is 1.32 bits per heavy atom. The normalized spacial score (nSPS) is 15.3. The zero-order chi connectivity index (χ0) is 27.9. The molecule has 206 valence electrons. The molecule has 2 rings (SSSR count). The van der Waals surface area contributed by atoms with E-state index in [-0.39, 0.29) is 17.0 Å². The van der Waals surface area contributed by atoms with Crippen molar-refractivity contribution in [3.63, 3.8) is 0 Å². The Bertz CT molecular complexity index is 950. The summed E-state index contributed by atoms with van der Waals surface area (Å²) < 4.78 is 19.5. The van der Waals surface area contributed by atoms with Gasteiger partial charge >= 0.3 is 5.97 Å². The van der Waals surface area contributed by atoms with E-state index >= 15 is 0 Å². The van der Waals surface area contributed by atoms with Crippen molar-refractivity contribution in [1.82, 2.24) is 5.06 Å². The molecule has 37 heavy (non-hydrogen) atoms. The lowest BCUT2D eigenvalue weighted by atomic mass is 9.98. The molecule has 0 N–H and O–H groups in total. The lowest BCUT2D eigenvalue weighted by Gasteiger charge is -2.47. The van der Waals surface area contributed by atoms with Crippen molar-refractivity contribution in [3.05, 3.63) is 71.8 Å². The largest absolute Gasteiger partial charge is 0.467 e. The Hall–Kier alpha value is -1.78. The number of hydroxylamine groups is 2. The smallest absolute Gasteiger partial charge is 0.335 e. The standard InChI is InChI=1S/C30H49NO4Si2/c1-11-37(12-2,13-3)34-28(29(32)33-8)27(26-22-18-15-19-23-26)31(35-36(9,10)30(5,6)7)24(4)25-20-16-14-17-21-25/h14-24,27-28H,11-13H2,1-10H3/t24-,27?,28?/m0/s1. The Labute approximate surface area is 227 Å². The highest BCUT2D eigenvalue weighted by molar-refractivity contribution is 6.74. The van der Waals surface area contributed by atoms with Crippen LogP contribution in [0.5, 0.6) is 0 Å². The van der Waals surface area contributed by atoms with Gasteiger partial charge in [-0.15, -0.1) is 0 Å². The summed E-state index contributed by atoms with van der Waals surface area (Å²) in [6.45, 7) is 19.9. The number of methoxy groups -OCH3 is 1. The number of benzene rings is 2. The third-order valence-corrected chi connectivity index (χ3v) is 17.1. The van der Waals surface area contributed by atoms with Crippen LogP contribution in [0.25, 0.3) is 0 Å². The summed E-state index contributed by atoms with van der Waals surface area (Å²) in [5.41, 5.74) is 2.10. The minimum atomic E-state index is -2.30. The van der Waals surface area contributed by atoms with Crippen LogP contribution in [0.4, 0.5) is 0 Å². The molecule has 5 nitrogen and oxygen atoms in total. The van der Waals surface area contributed by atoms with Crippen molar-refractivity contribution in [2.75, 3.05) is 7.11 Å². The second-order valence-corrected chi connectivity index (χ2v) is 20.9. The van der Waals surface area contributed by atoms with Crippen molar-refractivity contribution < 1.29 is 18.5 Å². The van der Waals surface area contributed by atoms with Gasteiger partial charge in [-0.2, -0.15) is 5.06 Å². The number of esters is 1. The molecule has 0 aliphatic heterocycles. The van der Waals surface area contributed by atoms with Crippen LogP contribution in [-0.4, -0.2) is 40.9 Å². The van der Waals surface area contributed by atoms with Crippen molar-refractivity contribution in [2.24, 2.45) is 0 Å². The first-order valence-corrected chi connectivity index (χ1v) is 19.1. The van der Waals surface area contributed by atoms with Crippen LogP contribution in [0.15, 0.2) is 60.7 Å². The van der Waals surface area contributed by atoms with Gasteiger partial charge in [0.1, 0.15) is 0 Å². The van der Waals surface area contributed by atoms with Gasteiger partial charge in [-0.3, -0.25) is 0 Å². The first-order valence-electron chi connectivity index (χ1n) is 13.7. The van der Waals surface area contributed by atoms with Crippen LogP contribution in [0, 0.1) is 0 Å². The average molecular weight is 544 g/mol. The van der Waals surface area contributed by atoms with Crippen LogP contribution in [-0.2, 0) is 18.5 Å². The maximum Gasteiger partial charge on any atom is 0.335 e. The van der Waals surface area contributed by atoms with Crippen LogP contribution in [0.1, 0.15) is 71.7 Å². The van der Waals surface area contributed by atoms with Gasteiger partial charge in [-0.1, -0.05) is 102 Å². The number of carbonyl (C=O) groups is 1. The molecule has 0 radical (unpaired) electrons. The Balaban J connectivity index is 2.80. The molecule has 0 amide bonds. The highest BCUT2D eigenvalue weighted by atomic mass is 28.4. The lowest BCUT2D eigenvalue weighted by molar-refractivity contribution is -0.184. The molecular formula is C30H49NO4Si2. The molecule has 0 fully saturated rings. The van der Waals surface area contributed by atoms with Crippen molar-refractivity contribution in [2.45, 2.75) is 103 Å². The highest BCUT2D eigenvalue weighted by Gasteiger charge is 2.47. The third-order valence-electron chi connectivity index (χ3n) is 8.25. The van der Waals surface area contributed by atoms with Crippen LogP contribution < -0.4 is 0 Å². The molecule has 3 atom stereocenters. The molecule has 0 aliphatic carbocycles. The van der Waals surface area contributed by atoms with E-state index in [1.165, 1.54) is 7.11 Å². The van der Waals surface area contributed by atoms with E-state index in [1.807, 2.05) is 36.4 Å². The minimum Gasteiger partial charge on any atom is -0.467 e. The number of carbonyl (C=O) groups excluding carboxylic acids is 1. The molecule has 2 aromatic rings. The maximum atomic E-state index is 13.6. The number of hydrogen-bond donors (Lipinski definition) is 0. The van der Waals surface area contributed by atoms with E-state index in [0.717, 1.165) is 29.3 Å². The SMILES string of the molecule is CC[Si](CC)(CC)OC(C(=O)OC)C(c1ccccc1)N(O[Si](C)(C)C(C)(C)C)[C@@H](C)c1ccccc1. The summed E-state index contributed by atoms with van der Waals surface area (Å²) in [6, 6.07) is 22.7. The van der Waals surface area contributed by atoms with Crippen molar-refractivity contribution in [3.8, 4) is 0 Å². The average Bonchev–Trinajstić information content (AvgIpc) is 2.90. The van der Waals surface area contributed by atoms with Crippen LogP contribution in [0.2, 0.25) is 36.3 Å². The fraction of sp³-hybridized carbons (Fsp3) is 0.567. The molecule has 7 heteroatoms. The second kappa shape index (κ2) is 13.3. The molecule has 0 spiro atoms. The summed E-state index contributed by atoms with van der Waals surface area (Å²) in [5, 5.41) is 2.03. The van der Waals surface area contributed by atoms with Gasteiger partial charge in [0.2, 0.25) is 8.32 Å². The second-order valence-electron chi connectivity index (χ2n) is 11.5.